The third-order valence-corrected chi connectivity index (χ3v) is 13.3. The lowest BCUT2D eigenvalue weighted by atomic mass is 9.72. The first kappa shape index (κ1) is 46.9. The number of allylic oxidation sites excluding steroid dienone is 3. The third kappa shape index (κ3) is 8.43. The number of aliphatic imine (C=N–C) groups is 1. The maximum atomic E-state index is 15.0. The summed E-state index contributed by atoms with van der Waals surface area (Å²) in [6, 6.07) is 2.10. The number of hydrogen-bond acceptors (Lipinski definition) is 18. The van der Waals surface area contributed by atoms with Gasteiger partial charge in [-0.3, -0.25) is 29.1 Å². The number of ketones is 2. The van der Waals surface area contributed by atoms with E-state index in [-0.39, 0.29) is 65.0 Å². The SMILES string of the molecule is CN=C(N)NC1CCC(CC2=CNC(N)C=C2)c2cc3c(c(O)c21)C(=O)c1c(OC2OC(CO)C(O)(CC(CN4C(=O)C=CC4=O)C4=CCNC(N)=C4)C(O)C2O)cc(OC)c(CO)c1C3=O. The Bertz CT molecular complexity index is 2570. The Morgan fingerprint density at radius 2 is 1.81 bits per heavy atom. The number of guanidine groups is 1. The van der Waals surface area contributed by atoms with E-state index in [0.717, 1.165) is 22.6 Å². The van der Waals surface area contributed by atoms with Gasteiger partial charge in [-0.25, -0.2) is 0 Å². The normalized spacial score (nSPS) is 28.4. The molecule has 0 aromatic heterocycles. The van der Waals surface area contributed by atoms with Crippen molar-refractivity contribution in [2.75, 3.05) is 33.9 Å². The molecule has 15 N–H and O–H groups in total. The van der Waals surface area contributed by atoms with Crippen LogP contribution in [0.1, 0.15) is 86.2 Å². The Labute approximate surface area is 383 Å². The molecule has 9 unspecified atom stereocenters. The summed E-state index contributed by atoms with van der Waals surface area (Å²) in [5.74, 6) is -4.77. The summed E-state index contributed by atoms with van der Waals surface area (Å²) in [5.41, 5.74) is 16.6. The van der Waals surface area contributed by atoms with Crippen molar-refractivity contribution in [1.82, 2.24) is 20.9 Å². The van der Waals surface area contributed by atoms with Gasteiger partial charge < -0.3 is 78.0 Å². The maximum absolute atomic E-state index is 15.0. The first-order chi connectivity index (χ1) is 32.0. The number of ether oxygens (including phenoxy) is 3. The van der Waals surface area contributed by atoms with Crippen LogP contribution in [0.2, 0.25) is 0 Å². The number of aromatic hydroxyl groups is 1. The highest BCUT2D eigenvalue weighted by atomic mass is 16.7. The molecule has 2 amide bonds. The van der Waals surface area contributed by atoms with Gasteiger partial charge in [-0.2, -0.15) is 0 Å². The van der Waals surface area contributed by atoms with Gasteiger partial charge in [0, 0.05) is 72.7 Å². The number of methoxy groups -OCH3 is 1. The van der Waals surface area contributed by atoms with Crippen molar-refractivity contribution in [3.63, 3.8) is 0 Å². The molecule has 21 heteroatoms. The number of nitrogens with one attached hydrogen (secondary N) is 3. The molecule has 21 nitrogen and oxygen atoms in total. The predicted octanol–water partition coefficient (Wildman–Crippen LogP) is -1.35. The van der Waals surface area contributed by atoms with E-state index in [1.165, 1.54) is 26.3 Å². The number of imide groups is 1. The van der Waals surface area contributed by atoms with Crippen LogP contribution in [0.4, 0.5) is 0 Å². The summed E-state index contributed by atoms with van der Waals surface area (Å²) in [6.45, 7) is -1.76. The van der Waals surface area contributed by atoms with Crippen molar-refractivity contribution in [3.8, 4) is 17.2 Å². The molecule has 2 aromatic rings. The molecular weight excluding hydrogens is 873 g/mol. The standard InChI is InChI=1S/C46H54N8O13/c1-50-45(49)53-27-5-4-22(11-20-3-6-31(47)52-16-20)24-13-25-37(40(60)35(24)27)41(61)38-29(14-28(65-2)26(18-55)36(38)39(25)59)66-44-42(62)43(63)46(64,30(19-56)67-44)15-23(21-9-10-51-32(48)12-21)17-54-33(57)7-8-34(54)58/h3,6-9,12-14,16,22-23,27,30-31,42-44,51-52,55-56,60,62-64H,4-5,10-11,15,17-19,47-48H2,1-2H3,(H3,49,50,53). The van der Waals surface area contributed by atoms with Gasteiger partial charge in [0.25, 0.3) is 11.8 Å². The number of carbonyl (C=O) groups is 4. The first-order valence-electron chi connectivity index (χ1n) is 21.7. The molecule has 1 saturated heterocycles. The summed E-state index contributed by atoms with van der Waals surface area (Å²) in [7, 11) is 2.74. The van der Waals surface area contributed by atoms with E-state index in [9.17, 15) is 45.0 Å². The number of aliphatic hydroxyl groups excluding tert-OH is 4. The smallest absolute Gasteiger partial charge is 0.253 e. The molecule has 0 radical (unpaired) electrons. The molecule has 1 fully saturated rings. The van der Waals surface area contributed by atoms with Crippen LogP contribution in [0.15, 0.2) is 76.7 Å². The number of fused-ring (bicyclic) bond motifs is 3. The van der Waals surface area contributed by atoms with Crippen molar-refractivity contribution >= 4 is 29.3 Å². The third-order valence-electron chi connectivity index (χ3n) is 13.3. The molecule has 2 aromatic carbocycles. The second-order valence-electron chi connectivity index (χ2n) is 17.3. The fourth-order valence-corrected chi connectivity index (χ4v) is 9.92. The first-order valence-corrected chi connectivity index (χ1v) is 21.7. The largest absolute Gasteiger partial charge is 0.507 e. The molecular formula is C46H54N8O13. The molecule has 8 rings (SSSR count). The number of hydrogen-bond donors (Lipinski definition) is 12. The molecule has 356 valence electrons. The molecule has 0 saturated carbocycles. The van der Waals surface area contributed by atoms with Gasteiger partial charge >= 0.3 is 0 Å². The minimum Gasteiger partial charge on any atom is -0.507 e. The van der Waals surface area contributed by atoms with Gasteiger partial charge in [0.15, 0.2) is 11.7 Å². The van der Waals surface area contributed by atoms with E-state index in [2.05, 4.69) is 20.9 Å². The maximum Gasteiger partial charge on any atom is 0.253 e. The van der Waals surface area contributed by atoms with Crippen LogP contribution in [0, 0.1) is 5.92 Å². The minimum absolute atomic E-state index is 0.0709. The van der Waals surface area contributed by atoms with Crippen molar-refractivity contribution < 1.29 is 64.0 Å². The van der Waals surface area contributed by atoms with Gasteiger partial charge in [0.05, 0.1) is 49.5 Å². The van der Waals surface area contributed by atoms with Gasteiger partial charge in [-0.1, -0.05) is 12.2 Å². The van der Waals surface area contributed by atoms with E-state index in [1.54, 1.807) is 24.4 Å². The van der Waals surface area contributed by atoms with Gasteiger partial charge in [0.1, 0.15) is 41.2 Å². The van der Waals surface area contributed by atoms with Gasteiger partial charge in [-0.05, 0) is 66.5 Å². The predicted molar refractivity (Wildman–Crippen MR) is 238 cm³/mol. The average Bonchev–Trinajstić information content (AvgIpc) is 3.63. The van der Waals surface area contributed by atoms with Crippen LogP contribution < -0.4 is 42.6 Å². The van der Waals surface area contributed by atoms with Crippen molar-refractivity contribution in [2.45, 2.75) is 80.6 Å². The van der Waals surface area contributed by atoms with E-state index >= 15 is 4.79 Å². The number of carbonyl (C=O) groups excluding carboxylic acids is 4. The zero-order chi connectivity index (χ0) is 48.1. The summed E-state index contributed by atoms with van der Waals surface area (Å²) < 4.78 is 17.7. The number of phenolic OH excluding ortho intramolecular Hbond substituents is 1. The topological polar surface area (TPSA) is 347 Å². The fourth-order valence-electron chi connectivity index (χ4n) is 9.92. The number of aliphatic hydroxyl groups is 5. The number of rotatable bonds is 13. The quantitative estimate of drug-likeness (QED) is 0.0536. The number of dihydropyridines is 2. The van der Waals surface area contributed by atoms with Crippen molar-refractivity contribution in [1.29, 1.82) is 0 Å². The summed E-state index contributed by atoms with van der Waals surface area (Å²) >= 11 is 0. The Morgan fingerprint density at radius 1 is 1.06 bits per heavy atom. The Kier molecular flexibility index (Phi) is 13.0. The molecule has 0 bridgehead atoms. The summed E-state index contributed by atoms with van der Waals surface area (Å²) in [5, 5.41) is 78.5. The van der Waals surface area contributed by atoms with Crippen LogP contribution in [-0.2, 0) is 20.9 Å². The molecule has 9 atom stereocenters. The highest BCUT2D eigenvalue weighted by molar-refractivity contribution is 6.31. The molecule has 4 heterocycles. The number of nitrogens with two attached hydrogens (primary N) is 3. The zero-order valence-corrected chi connectivity index (χ0v) is 36.6. The second kappa shape index (κ2) is 18.6. The lowest BCUT2D eigenvalue weighted by molar-refractivity contribution is -0.316. The van der Waals surface area contributed by atoms with Crippen molar-refractivity contribution in [3.05, 3.63) is 111 Å². The Balaban J connectivity index is 1.16. The number of amides is 2. The van der Waals surface area contributed by atoms with E-state index < -0.39 is 102 Å². The lowest BCUT2D eigenvalue weighted by Gasteiger charge is -2.49. The summed E-state index contributed by atoms with van der Waals surface area (Å²) in [6.07, 6.45) is 3.66. The second-order valence-corrected chi connectivity index (χ2v) is 17.3. The Morgan fingerprint density at radius 3 is 2.45 bits per heavy atom. The Hall–Kier alpha value is -6.59. The van der Waals surface area contributed by atoms with Gasteiger partial charge in [-0.15, -0.1) is 0 Å². The van der Waals surface area contributed by atoms with Crippen LogP contribution in [0.5, 0.6) is 17.2 Å². The molecule has 2 aliphatic carbocycles. The monoisotopic (exact) mass is 926 g/mol. The number of phenols is 1. The van der Waals surface area contributed by atoms with E-state index in [4.69, 9.17) is 31.4 Å². The van der Waals surface area contributed by atoms with Crippen LogP contribution >= 0.6 is 0 Å². The van der Waals surface area contributed by atoms with Crippen molar-refractivity contribution in [2.24, 2.45) is 28.1 Å². The molecule has 4 aliphatic heterocycles. The average molecular weight is 927 g/mol. The fraction of sp³-hybridized carbons (Fsp3) is 0.413. The van der Waals surface area contributed by atoms with E-state index in [1.807, 2.05) is 6.08 Å². The molecule has 6 aliphatic rings. The van der Waals surface area contributed by atoms with Crippen LogP contribution in [0.3, 0.4) is 0 Å². The van der Waals surface area contributed by atoms with Gasteiger partial charge in [0.2, 0.25) is 12.1 Å². The number of benzene rings is 2. The lowest BCUT2D eigenvalue weighted by Crippen LogP contribution is -2.68. The minimum atomic E-state index is -2.47. The highest BCUT2D eigenvalue weighted by Crippen LogP contribution is 2.51. The zero-order valence-electron chi connectivity index (χ0n) is 36.6. The van der Waals surface area contributed by atoms with Crippen LogP contribution in [0.25, 0.3) is 0 Å². The summed E-state index contributed by atoms with van der Waals surface area (Å²) in [4.78, 5) is 60.2. The van der Waals surface area contributed by atoms with E-state index in [0.29, 0.717) is 36.0 Å². The molecule has 0 spiro atoms. The van der Waals surface area contributed by atoms with Crippen LogP contribution in [-0.4, -0.2) is 135 Å². The number of nitrogens with zero attached hydrogens (tertiary/aromatic N) is 2. The highest BCUT2D eigenvalue weighted by Gasteiger charge is 2.57. The molecule has 67 heavy (non-hydrogen) atoms.